The summed E-state index contributed by atoms with van der Waals surface area (Å²) in [6.07, 6.45) is 8.36. The second-order valence-electron chi connectivity index (χ2n) is 6.87. The Bertz CT molecular complexity index is 564. The van der Waals surface area contributed by atoms with Gasteiger partial charge in [0.05, 0.1) is 11.6 Å². The van der Waals surface area contributed by atoms with E-state index in [1.807, 2.05) is 17.9 Å². The number of aromatic nitrogens is 1. The Kier molecular flexibility index (Phi) is 4.94. The van der Waals surface area contributed by atoms with Crippen LogP contribution in [-0.2, 0) is 4.79 Å². The summed E-state index contributed by atoms with van der Waals surface area (Å²) in [6, 6.07) is 3.51. The van der Waals surface area contributed by atoms with E-state index >= 15 is 0 Å². The van der Waals surface area contributed by atoms with Crippen LogP contribution in [0.1, 0.15) is 54.6 Å². The van der Waals surface area contributed by atoms with Gasteiger partial charge in [-0.1, -0.05) is 19.3 Å². The number of hydrogen-bond donors (Lipinski definition) is 1. The fraction of sp³-hybridized carbons (Fsp3) is 0.611. The lowest BCUT2D eigenvalue weighted by atomic mass is 9.89. The van der Waals surface area contributed by atoms with Crippen LogP contribution < -0.4 is 5.32 Å². The fourth-order valence-electron chi connectivity index (χ4n) is 3.60. The van der Waals surface area contributed by atoms with Crippen LogP contribution in [0.4, 0.5) is 0 Å². The third-order valence-electron chi connectivity index (χ3n) is 4.93. The average molecular weight is 315 g/mol. The van der Waals surface area contributed by atoms with Crippen molar-refractivity contribution in [2.45, 2.75) is 51.5 Å². The summed E-state index contributed by atoms with van der Waals surface area (Å²) in [4.78, 5) is 30.5. The molecule has 0 spiro atoms. The topological polar surface area (TPSA) is 62.3 Å². The summed E-state index contributed by atoms with van der Waals surface area (Å²) >= 11 is 0. The van der Waals surface area contributed by atoms with Crippen LogP contribution in [0, 0.1) is 12.8 Å². The summed E-state index contributed by atoms with van der Waals surface area (Å²) in [6.45, 7) is 3.39. The second-order valence-corrected chi connectivity index (χ2v) is 6.87. The molecule has 1 N–H and O–H groups in total. The Morgan fingerprint density at radius 3 is 2.78 bits per heavy atom. The Balaban J connectivity index is 1.52. The van der Waals surface area contributed by atoms with Gasteiger partial charge in [-0.2, -0.15) is 0 Å². The van der Waals surface area contributed by atoms with Gasteiger partial charge in [-0.05, 0) is 37.8 Å². The van der Waals surface area contributed by atoms with Crippen LogP contribution in [0.15, 0.2) is 18.3 Å². The molecule has 2 aliphatic rings. The van der Waals surface area contributed by atoms with E-state index in [-0.39, 0.29) is 17.9 Å². The third kappa shape index (κ3) is 4.09. The van der Waals surface area contributed by atoms with E-state index in [1.165, 1.54) is 32.1 Å². The number of pyridine rings is 1. The summed E-state index contributed by atoms with van der Waals surface area (Å²) in [5.74, 6) is 0.668. The lowest BCUT2D eigenvalue weighted by Crippen LogP contribution is -2.38. The predicted molar refractivity (Wildman–Crippen MR) is 88.0 cm³/mol. The first-order chi connectivity index (χ1) is 11.1. The smallest absolute Gasteiger partial charge is 0.253 e. The van der Waals surface area contributed by atoms with Crippen molar-refractivity contribution in [2.24, 2.45) is 5.92 Å². The zero-order valence-corrected chi connectivity index (χ0v) is 13.8. The van der Waals surface area contributed by atoms with E-state index in [0.29, 0.717) is 24.4 Å². The van der Waals surface area contributed by atoms with E-state index in [0.717, 1.165) is 12.2 Å². The Labute approximate surface area is 137 Å². The van der Waals surface area contributed by atoms with Gasteiger partial charge in [0.15, 0.2) is 0 Å². The average Bonchev–Trinajstić information content (AvgIpc) is 2.88. The van der Waals surface area contributed by atoms with E-state index in [2.05, 4.69) is 10.3 Å². The monoisotopic (exact) mass is 315 g/mol. The molecule has 1 unspecified atom stereocenters. The standard InChI is InChI=1S/C18H25N3O2/c1-13-7-8-15(10-19-13)18(23)20-16-9-17(22)21(12-16)11-14-5-3-2-4-6-14/h7-8,10,14,16H,2-6,9,11-12H2,1H3,(H,20,23). The minimum absolute atomic E-state index is 0.0834. The van der Waals surface area contributed by atoms with Gasteiger partial charge in [0.2, 0.25) is 5.91 Å². The summed E-state index contributed by atoms with van der Waals surface area (Å²) in [7, 11) is 0. The molecule has 0 bridgehead atoms. The van der Waals surface area contributed by atoms with Crippen molar-refractivity contribution < 1.29 is 9.59 Å². The first kappa shape index (κ1) is 16.0. The van der Waals surface area contributed by atoms with E-state index < -0.39 is 0 Å². The van der Waals surface area contributed by atoms with E-state index in [4.69, 9.17) is 0 Å². The normalized spacial score (nSPS) is 22.4. The van der Waals surface area contributed by atoms with Gasteiger partial charge in [0, 0.05) is 31.4 Å². The van der Waals surface area contributed by atoms with Crippen molar-refractivity contribution in [1.29, 1.82) is 0 Å². The van der Waals surface area contributed by atoms with Gasteiger partial charge in [0.25, 0.3) is 5.91 Å². The predicted octanol–water partition coefficient (Wildman–Crippen LogP) is 2.30. The maximum absolute atomic E-state index is 12.2. The Hall–Kier alpha value is -1.91. The van der Waals surface area contributed by atoms with Crippen molar-refractivity contribution in [3.63, 3.8) is 0 Å². The highest BCUT2D eigenvalue weighted by Crippen LogP contribution is 2.26. The minimum Gasteiger partial charge on any atom is -0.347 e. The summed E-state index contributed by atoms with van der Waals surface area (Å²) < 4.78 is 0. The highest BCUT2D eigenvalue weighted by atomic mass is 16.2. The number of hydrogen-bond acceptors (Lipinski definition) is 3. The molecule has 0 radical (unpaired) electrons. The van der Waals surface area contributed by atoms with Crippen molar-refractivity contribution in [3.05, 3.63) is 29.6 Å². The second kappa shape index (κ2) is 7.11. The van der Waals surface area contributed by atoms with Crippen molar-refractivity contribution in [1.82, 2.24) is 15.2 Å². The van der Waals surface area contributed by atoms with Gasteiger partial charge >= 0.3 is 0 Å². The summed E-state index contributed by atoms with van der Waals surface area (Å²) in [5.41, 5.74) is 1.44. The number of rotatable bonds is 4. The first-order valence-electron chi connectivity index (χ1n) is 8.63. The molecule has 1 atom stereocenters. The SMILES string of the molecule is Cc1ccc(C(=O)NC2CC(=O)N(CC3CCCCC3)C2)cn1. The van der Waals surface area contributed by atoms with Crippen LogP contribution >= 0.6 is 0 Å². The molecule has 1 aliphatic carbocycles. The molecule has 5 nitrogen and oxygen atoms in total. The van der Waals surface area contributed by atoms with Gasteiger partial charge in [-0.3, -0.25) is 14.6 Å². The largest absolute Gasteiger partial charge is 0.347 e. The Morgan fingerprint density at radius 1 is 1.30 bits per heavy atom. The maximum atomic E-state index is 12.2. The van der Waals surface area contributed by atoms with Crippen molar-refractivity contribution in [2.75, 3.05) is 13.1 Å². The molecule has 1 aliphatic heterocycles. The molecular weight excluding hydrogens is 290 g/mol. The molecule has 1 aromatic heterocycles. The van der Waals surface area contributed by atoms with Crippen molar-refractivity contribution >= 4 is 11.8 Å². The Morgan fingerprint density at radius 2 is 2.09 bits per heavy atom. The zero-order valence-electron chi connectivity index (χ0n) is 13.8. The number of likely N-dealkylation sites (tertiary alicyclic amines) is 1. The molecule has 124 valence electrons. The van der Waals surface area contributed by atoms with Crippen LogP contribution in [0.2, 0.25) is 0 Å². The molecule has 5 heteroatoms. The highest BCUT2D eigenvalue weighted by Gasteiger charge is 2.32. The van der Waals surface area contributed by atoms with Gasteiger partial charge < -0.3 is 10.2 Å². The van der Waals surface area contributed by atoms with Gasteiger partial charge in [-0.25, -0.2) is 0 Å². The number of nitrogens with one attached hydrogen (secondary N) is 1. The quantitative estimate of drug-likeness (QED) is 0.927. The number of carbonyl (C=O) groups is 2. The lowest BCUT2D eigenvalue weighted by molar-refractivity contribution is -0.128. The van der Waals surface area contributed by atoms with Crippen LogP contribution in [0.3, 0.4) is 0 Å². The summed E-state index contributed by atoms with van der Waals surface area (Å²) in [5, 5.41) is 2.97. The van der Waals surface area contributed by atoms with Crippen molar-refractivity contribution in [3.8, 4) is 0 Å². The van der Waals surface area contributed by atoms with E-state index in [9.17, 15) is 9.59 Å². The number of nitrogens with zero attached hydrogens (tertiary/aromatic N) is 2. The lowest BCUT2D eigenvalue weighted by Gasteiger charge is -2.27. The molecule has 1 saturated heterocycles. The molecule has 3 rings (SSSR count). The molecule has 2 fully saturated rings. The van der Waals surface area contributed by atoms with Crippen LogP contribution in [0.25, 0.3) is 0 Å². The number of amides is 2. The van der Waals surface area contributed by atoms with E-state index in [1.54, 1.807) is 12.3 Å². The van der Waals surface area contributed by atoms with Crippen LogP contribution in [0.5, 0.6) is 0 Å². The minimum atomic E-state index is -0.144. The third-order valence-corrected chi connectivity index (χ3v) is 4.93. The number of carbonyl (C=O) groups excluding carboxylic acids is 2. The molecule has 0 aromatic carbocycles. The molecule has 1 aromatic rings. The zero-order chi connectivity index (χ0) is 16.2. The highest BCUT2D eigenvalue weighted by molar-refractivity contribution is 5.94. The fourth-order valence-corrected chi connectivity index (χ4v) is 3.60. The molecule has 2 heterocycles. The number of aryl methyl sites for hydroxylation is 1. The molecule has 2 amide bonds. The van der Waals surface area contributed by atoms with Crippen LogP contribution in [-0.4, -0.2) is 40.8 Å². The molecular formula is C18H25N3O2. The molecule has 1 saturated carbocycles. The maximum Gasteiger partial charge on any atom is 0.253 e. The molecule has 23 heavy (non-hydrogen) atoms. The van der Waals surface area contributed by atoms with Gasteiger partial charge in [-0.15, -0.1) is 0 Å². The first-order valence-corrected chi connectivity index (χ1v) is 8.63. The van der Waals surface area contributed by atoms with Gasteiger partial charge in [0.1, 0.15) is 0 Å².